The predicted octanol–water partition coefficient (Wildman–Crippen LogP) is 3.47. The summed E-state index contributed by atoms with van der Waals surface area (Å²) in [7, 11) is 0. The van der Waals surface area contributed by atoms with E-state index in [-0.39, 0.29) is 16.7 Å². The van der Waals surface area contributed by atoms with Gasteiger partial charge in [-0.05, 0) is 6.26 Å². The Morgan fingerprint density at radius 1 is 1.11 bits per heavy atom. The molecule has 0 aliphatic rings. The van der Waals surface area contributed by atoms with Gasteiger partial charge in [-0.3, -0.25) is 0 Å². The molecule has 0 saturated heterocycles. The number of anilines is 1. The van der Waals surface area contributed by atoms with Crippen molar-refractivity contribution in [3.05, 3.63) is 35.9 Å². The van der Waals surface area contributed by atoms with Crippen LogP contribution in [0.15, 0.2) is 35.4 Å². The Morgan fingerprint density at radius 3 is 2.26 bits per heavy atom. The zero-order chi connectivity index (χ0) is 14.0. The minimum Gasteiger partial charge on any atom is -0.368 e. The van der Waals surface area contributed by atoms with E-state index >= 15 is 0 Å². The Hall–Kier alpha value is -1.76. The number of nitrogen functional groups attached to an aromatic ring is 1. The summed E-state index contributed by atoms with van der Waals surface area (Å²) < 4.78 is 39.5. The number of halogens is 3. The maximum Gasteiger partial charge on any atom is 0.421 e. The molecule has 0 atom stereocenters. The van der Waals surface area contributed by atoms with E-state index in [1.807, 2.05) is 0 Å². The zero-order valence-corrected chi connectivity index (χ0v) is 10.7. The summed E-state index contributed by atoms with van der Waals surface area (Å²) in [5.74, 6) is -0.170. The summed E-state index contributed by atoms with van der Waals surface area (Å²) in [5, 5.41) is -0.168. The standard InChI is InChI=1S/C12H10F3N3S/c1-19-10-8(12(13,14)15)9(17-11(16)18-10)7-5-3-2-4-6-7/h2-6H,1H3,(H2,16,17,18). The van der Waals surface area contributed by atoms with Crippen molar-refractivity contribution in [3.8, 4) is 11.3 Å². The molecule has 100 valence electrons. The summed E-state index contributed by atoms with van der Waals surface area (Å²) in [6, 6.07) is 8.12. The maximum atomic E-state index is 13.2. The molecule has 0 radical (unpaired) electrons. The largest absolute Gasteiger partial charge is 0.421 e. The Bertz CT molecular complexity index is 585. The average molecular weight is 285 g/mol. The highest BCUT2D eigenvalue weighted by atomic mass is 32.2. The first-order valence-electron chi connectivity index (χ1n) is 5.27. The number of aromatic nitrogens is 2. The molecule has 1 heterocycles. The van der Waals surface area contributed by atoms with Crippen molar-refractivity contribution in [3.63, 3.8) is 0 Å². The van der Waals surface area contributed by atoms with Crippen LogP contribution in [0.4, 0.5) is 19.1 Å². The van der Waals surface area contributed by atoms with Gasteiger partial charge in [-0.2, -0.15) is 13.2 Å². The Morgan fingerprint density at radius 2 is 1.74 bits per heavy atom. The molecule has 0 aliphatic heterocycles. The first-order valence-corrected chi connectivity index (χ1v) is 6.50. The quantitative estimate of drug-likeness (QED) is 0.678. The fraction of sp³-hybridized carbons (Fsp3) is 0.167. The molecule has 1 aromatic heterocycles. The van der Waals surface area contributed by atoms with Crippen LogP contribution in [0, 0.1) is 0 Å². The highest BCUT2D eigenvalue weighted by molar-refractivity contribution is 7.98. The lowest BCUT2D eigenvalue weighted by molar-refractivity contribution is -0.139. The molecular formula is C12H10F3N3S. The lowest BCUT2D eigenvalue weighted by Crippen LogP contribution is -2.13. The van der Waals surface area contributed by atoms with Crippen LogP contribution in [0.1, 0.15) is 5.56 Å². The van der Waals surface area contributed by atoms with Crippen molar-refractivity contribution < 1.29 is 13.2 Å². The number of benzene rings is 1. The fourth-order valence-electron chi connectivity index (χ4n) is 1.66. The Labute approximate surface area is 112 Å². The zero-order valence-electron chi connectivity index (χ0n) is 9.90. The second-order valence-electron chi connectivity index (χ2n) is 3.68. The normalized spacial score (nSPS) is 11.6. The van der Waals surface area contributed by atoms with Gasteiger partial charge in [-0.1, -0.05) is 30.3 Å². The van der Waals surface area contributed by atoms with E-state index in [2.05, 4.69) is 9.97 Å². The molecule has 2 N–H and O–H groups in total. The molecule has 0 spiro atoms. The second kappa shape index (κ2) is 5.08. The fourth-order valence-corrected chi connectivity index (χ4v) is 2.27. The van der Waals surface area contributed by atoms with Gasteiger partial charge in [0, 0.05) is 5.56 Å². The third-order valence-corrected chi connectivity index (χ3v) is 3.10. The summed E-state index contributed by atoms with van der Waals surface area (Å²) in [4.78, 5) is 7.41. The highest BCUT2D eigenvalue weighted by Gasteiger charge is 2.38. The van der Waals surface area contributed by atoms with Crippen LogP contribution in [0.25, 0.3) is 11.3 Å². The highest BCUT2D eigenvalue weighted by Crippen LogP contribution is 2.40. The molecule has 7 heteroatoms. The lowest BCUT2D eigenvalue weighted by atomic mass is 10.1. The van der Waals surface area contributed by atoms with Gasteiger partial charge in [0.25, 0.3) is 0 Å². The van der Waals surface area contributed by atoms with E-state index < -0.39 is 11.7 Å². The van der Waals surface area contributed by atoms with Crippen molar-refractivity contribution in [2.24, 2.45) is 0 Å². The number of alkyl halides is 3. The van der Waals surface area contributed by atoms with Gasteiger partial charge >= 0.3 is 6.18 Å². The third kappa shape index (κ3) is 2.81. The predicted molar refractivity (Wildman–Crippen MR) is 68.7 cm³/mol. The van der Waals surface area contributed by atoms with E-state index in [0.29, 0.717) is 5.56 Å². The van der Waals surface area contributed by atoms with E-state index in [1.54, 1.807) is 30.3 Å². The van der Waals surface area contributed by atoms with Crippen LogP contribution >= 0.6 is 11.8 Å². The monoisotopic (exact) mass is 285 g/mol. The molecule has 0 bridgehead atoms. The molecule has 3 nitrogen and oxygen atoms in total. The number of hydrogen-bond donors (Lipinski definition) is 1. The van der Waals surface area contributed by atoms with Crippen LogP contribution in [-0.2, 0) is 6.18 Å². The first-order chi connectivity index (χ1) is 8.93. The van der Waals surface area contributed by atoms with Gasteiger partial charge in [-0.15, -0.1) is 11.8 Å². The van der Waals surface area contributed by atoms with Crippen LogP contribution in [0.2, 0.25) is 0 Å². The van der Waals surface area contributed by atoms with E-state index in [0.717, 1.165) is 11.8 Å². The number of rotatable bonds is 2. The van der Waals surface area contributed by atoms with Gasteiger partial charge in [0.2, 0.25) is 5.95 Å². The van der Waals surface area contributed by atoms with Gasteiger partial charge in [0.05, 0.1) is 5.69 Å². The van der Waals surface area contributed by atoms with Gasteiger partial charge in [0.15, 0.2) is 0 Å². The molecule has 0 unspecified atom stereocenters. The minimum absolute atomic E-state index is 0.168. The Balaban J connectivity index is 2.75. The third-order valence-electron chi connectivity index (χ3n) is 2.42. The van der Waals surface area contributed by atoms with Crippen molar-refractivity contribution in [2.75, 3.05) is 12.0 Å². The SMILES string of the molecule is CSc1nc(N)nc(-c2ccccc2)c1C(F)(F)F. The van der Waals surface area contributed by atoms with Crippen LogP contribution < -0.4 is 5.73 Å². The van der Waals surface area contributed by atoms with Gasteiger partial charge in [0.1, 0.15) is 10.6 Å². The molecule has 0 aliphatic carbocycles. The minimum atomic E-state index is -4.53. The molecule has 0 saturated carbocycles. The van der Waals surface area contributed by atoms with Crippen molar-refractivity contribution in [2.45, 2.75) is 11.2 Å². The molecule has 1 aromatic carbocycles. The summed E-state index contributed by atoms with van der Waals surface area (Å²) in [6.07, 6.45) is -3.01. The van der Waals surface area contributed by atoms with E-state index in [4.69, 9.17) is 5.73 Å². The summed E-state index contributed by atoms with van der Waals surface area (Å²) in [5.41, 5.74) is 4.81. The summed E-state index contributed by atoms with van der Waals surface area (Å²) in [6.45, 7) is 0. The van der Waals surface area contributed by atoms with Crippen molar-refractivity contribution in [1.82, 2.24) is 9.97 Å². The lowest BCUT2D eigenvalue weighted by Gasteiger charge is -2.15. The molecule has 2 rings (SSSR count). The molecule has 2 aromatic rings. The molecule has 0 fully saturated rings. The number of nitrogens with zero attached hydrogens (tertiary/aromatic N) is 2. The topological polar surface area (TPSA) is 51.8 Å². The van der Waals surface area contributed by atoms with Gasteiger partial charge < -0.3 is 5.73 Å². The molecule has 0 amide bonds. The first kappa shape index (κ1) is 13.7. The van der Waals surface area contributed by atoms with Crippen molar-refractivity contribution >= 4 is 17.7 Å². The van der Waals surface area contributed by atoms with Crippen LogP contribution in [0.3, 0.4) is 0 Å². The maximum absolute atomic E-state index is 13.2. The van der Waals surface area contributed by atoms with Gasteiger partial charge in [-0.25, -0.2) is 9.97 Å². The smallest absolute Gasteiger partial charge is 0.368 e. The van der Waals surface area contributed by atoms with Crippen molar-refractivity contribution in [1.29, 1.82) is 0 Å². The molecule has 19 heavy (non-hydrogen) atoms. The van der Waals surface area contributed by atoms with E-state index in [9.17, 15) is 13.2 Å². The number of thioether (sulfide) groups is 1. The van der Waals surface area contributed by atoms with Crippen LogP contribution in [-0.4, -0.2) is 16.2 Å². The number of hydrogen-bond acceptors (Lipinski definition) is 4. The Kier molecular flexibility index (Phi) is 3.66. The number of nitrogens with two attached hydrogens (primary N) is 1. The second-order valence-corrected chi connectivity index (χ2v) is 4.47. The average Bonchev–Trinajstić information content (AvgIpc) is 2.37. The van der Waals surface area contributed by atoms with E-state index in [1.165, 1.54) is 6.26 Å². The molecular weight excluding hydrogens is 275 g/mol. The van der Waals surface area contributed by atoms with Crippen LogP contribution in [0.5, 0.6) is 0 Å². The summed E-state index contributed by atoms with van der Waals surface area (Å²) >= 11 is 0.894.